The average molecular weight is 280 g/mol. The Kier molecular flexibility index (Phi) is 2.37. The molecule has 4 rings (SSSR count). The molecule has 0 saturated heterocycles. The van der Waals surface area contributed by atoms with E-state index >= 15 is 0 Å². The fraction of sp³-hybridized carbons (Fsp3) is 0. The van der Waals surface area contributed by atoms with Crippen molar-refractivity contribution in [2.24, 2.45) is 0 Å². The minimum atomic E-state index is -0.140. The van der Waals surface area contributed by atoms with Gasteiger partial charge in [-0.1, -0.05) is 30.3 Å². The number of rotatable bonds is 1. The summed E-state index contributed by atoms with van der Waals surface area (Å²) in [6, 6.07) is 9.75. The Labute approximate surface area is 117 Å². The fourth-order valence-electron chi connectivity index (χ4n) is 2.10. The third-order valence-corrected chi connectivity index (χ3v) is 4.14. The van der Waals surface area contributed by atoms with Crippen LogP contribution in [-0.2, 0) is 0 Å². The molecule has 4 aromatic rings. The lowest BCUT2D eigenvalue weighted by atomic mass is 10.2. The highest BCUT2D eigenvalue weighted by Gasteiger charge is 2.12. The smallest absolute Gasteiger partial charge is 0.268 e. The quantitative estimate of drug-likeness (QED) is 0.581. The molecular weight excluding hydrogens is 272 g/mol. The summed E-state index contributed by atoms with van der Waals surface area (Å²) >= 11 is 1.34. The first kappa shape index (κ1) is 11.2. The number of nitrogens with one attached hydrogen (secondary N) is 1. The lowest BCUT2D eigenvalue weighted by molar-refractivity contribution is 1.18. The number of hydrogen-bond acceptors (Lipinski definition) is 5. The molecule has 0 spiro atoms. The van der Waals surface area contributed by atoms with E-state index in [9.17, 15) is 4.79 Å². The van der Waals surface area contributed by atoms with Gasteiger partial charge in [0, 0.05) is 11.8 Å². The predicted octanol–water partition coefficient (Wildman–Crippen LogP) is 2.59. The van der Waals surface area contributed by atoms with E-state index in [4.69, 9.17) is 0 Å². The van der Waals surface area contributed by atoms with Gasteiger partial charge in [-0.25, -0.2) is 15.0 Å². The van der Waals surface area contributed by atoms with Crippen LogP contribution in [0.4, 0.5) is 0 Å². The van der Waals surface area contributed by atoms with Crippen molar-refractivity contribution < 1.29 is 0 Å². The summed E-state index contributed by atoms with van der Waals surface area (Å²) < 4.78 is 0.585. The van der Waals surface area contributed by atoms with E-state index in [1.165, 1.54) is 17.7 Å². The van der Waals surface area contributed by atoms with Crippen LogP contribution in [0.3, 0.4) is 0 Å². The van der Waals surface area contributed by atoms with Crippen molar-refractivity contribution in [3.05, 3.63) is 53.2 Å². The van der Waals surface area contributed by atoms with E-state index in [2.05, 4.69) is 19.9 Å². The minimum Gasteiger partial charge on any atom is -0.312 e. The van der Waals surface area contributed by atoms with Gasteiger partial charge in [0.05, 0.1) is 17.2 Å². The van der Waals surface area contributed by atoms with Crippen LogP contribution in [0, 0.1) is 0 Å². The molecule has 0 atom stereocenters. The Bertz CT molecular complexity index is 975. The van der Waals surface area contributed by atoms with Crippen LogP contribution in [0.5, 0.6) is 0 Å². The second-order valence-electron chi connectivity index (χ2n) is 4.29. The Morgan fingerprint density at radius 1 is 1.10 bits per heavy atom. The topological polar surface area (TPSA) is 71.5 Å². The molecule has 3 heterocycles. The summed E-state index contributed by atoms with van der Waals surface area (Å²) in [4.78, 5) is 28.2. The van der Waals surface area contributed by atoms with Gasteiger partial charge in [0.2, 0.25) is 0 Å². The normalized spacial score (nSPS) is 11.2. The van der Waals surface area contributed by atoms with Crippen LogP contribution in [0.15, 0.2) is 47.7 Å². The van der Waals surface area contributed by atoms with Gasteiger partial charge in [0.1, 0.15) is 9.53 Å². The van der Waals surface area contributed by atoms with E-state index in [0.29, 0.717) is 16.0 Å². The number of hydrogen-bond donors (Lipinski definition) is 1. The highest BCUT2D eigenvalue weighted by molar-refractivity contribution is 7.25. The molecule has 0 bridgehead atoms. The van der Waals surface area contributed by atoms with E-state index in [1.807, 2.05) is 30.3 Å². The summed E-state index contributed by atoms with van der Waals surface area (Å²) in [5.74, 6) is 0.654. The minimum absolute atomic E-state index is 0.140. The van der Waals surface area contributed by atoms with E-state index in [1.54, 1.807) is 6.20 Å². The maximum absolute atomic E-state index is 11.8. The van der Waals surface area contributed by atoms with Gasteiger partial charge in [0.15, 0.2) is 5.82 Å². The molecule has 0 amide bonds. The summed E-state index contributed by atoms with van der Waals surface area (Å²) in [5, 5.41) is 0.816. The molecule has 0 fully saturated rings. The van der Waals surface area contributed by atoms with Crippen molar-refractivity contribution >= 4 is 31.8 Å². The number of aromatic amines is 1. The third kappa shape index (κ3) is 1.62. The zero-order valence-corrected chi connectivity index (χ0v) is 11.0. The first-order valence-corrected chi connectivity index (χ1v) is 6.83. The molecule has 1 aromatic carbocycles. The van der Waals surface area contributed by atoms with Crippen molar-refractivity contribution in [2.45, 2.75) is 0 Å². The number of aromatic nitrogens is 4. The van der Waals surface area contributed by atoms with Crippen molar-refractivity contribution in [2.75, 3.05) is 0 Å². The van der Waals surface area contributed by atoms with E-state index in [0.717, 1.165) is 15.8 Å². The fourth-order valence-corrected chi connectivity index (χ4v) is 3.10. The SMILES string of the molecule is O=c1[nH]cnc2c1sc1nc(-c3ccccc3)ncc12. The Morgan fingerprint density at radius 3 is 2.80 bits per heavy atom. The Hall–Kier alpha value is -2.60. The predicted molar refractivity (Wildman–Crippen MR) is 78.8 cm³/mol. The largest absolute Gasteiger partial charge is 0.312 e. The maximum atomic E-state index is 11.8. The maximum Gasteiger partial charge on any atom is 0.268 e. The average Bonchev–Trinajstić information content (AvgIpc) is 2.87. The van der Waals surface area contributed by atoms with Crippen molar-refractivity contribution in [3.8, 4) is 11.4 Å². The van der Waals surface area contributed by atoms with E-state index < -0.39 is 0 Å². The molecule has 1 N–H and O–H groups in total. The van der Waals surface area contributed by atoms with Crippen molar-refractivity contribution in [3.63, 3.8) is 0 Å². The van der Waals surface area contributed by atoms with Gasteiger partial charge >= 0.3 is 0 Å². The van der Waals surface area contributed by atoms with Crippen LogP contribution in [-0.4, -0.2) is 19.9 Å². The molecule has 20 heavy (non-hydrogen) atoms. The number of nitrogens with zero attached hydrogens (tertiary/aromatic N) is 3. The third-order valence-electron chi connectivity index (χ3n) is 3.05. The summed E-state index contributed by atoms with van der Waals surface area (Å²) in [5.41, 5.74) is 1.47. The van der Waals surface area contributed by atoms with Crippen molar-refractivity contribution in [1.82, 2.24) is 19.9 Å². The van der Waals surface area contributed by atoms with Gasteiger partial charge < -0.3 is 4.98 Å². The zero-order chi connectivity index (χ0) is 13.5. The molecule has 3 aromatic heterocycles. The second-order valence-corrected chi connectivity index (χ2v) is 5.29. The first-order chi connectivity index (χ1) is 9.83. The van der Waals surface area contributed by atoms with Crippen LogP contribution >= 0.6 is 11.3 Å². The summed E-state index contributed by atoms with van der Waals surface area (Å²) in [7, 11) is 0. The molecule has 0 unspecified atom stereocenters. The van der Waals surface area contributed by atoms with Gasteiger partial charge in [-0.2, -0.15) is 0 Å². The monoisotopic (exact) mass is 280 g/mol. The first-order valence-electron chi connectivity index (χ1n) is 6.01. The molecule has 96 valence electrons. The number of H-pyrrole nitrogens is 1. The summed E-state index contributed by atoms with van der Waals surface area (Å²) in [6.07, 6.45) is 3.14. The molecule has 0 aliphatic carbocycles. The number of fused-ring (bicyclic) bond motifs is 3. The second kappa shape index (κ2) is 4.21. The standard InChI is InChI=1S/C14H8N4OS/c19-13-11-10(16-7-17-13)9-6-15-12(18-14(9)20-11)8-4-2-1-3-5-8/h1-7H,(H,16,17,19). The number of benzene rings is 1. The highest BCUT2D eigenvalue weighted by atomic mass is 32.1. The molecule has 0 aliphatic heterocycles. The van der Waals surface area contributed by atoms with Crippen LogP contribution in [0.25, 0.3) is 31.8 Å². The van der Waals surface area contributed by atoms with Gasteiger partial charge in [-0.15, -0.1) is 11.3 Å². The molecule has 0 radical (unpaired) electrons. The van der Waals surface area contributed by atoms with Gasteiger partial charge in [0.25, 0.3) is 5.56 Å². The molecule has 6 heteroatoms. The van der Waals surface area contributed by atoms with Gasteiger partial charge in [-0.3, -0.25) is 4.79 Å². The lowest BCUT2D eigenvalue weighted by Crippen LogP contribution is -2.03. The molecular formula is C14H8N4OS. The molecule has 0 aliphatic rings. The Morgan fingerprint density at radius 2 is 1.95 bits per heavy atom. The lowest BCUT2D eigenvalue weighted by Gasteiger charge is -1.98. The highest BCUT2D eigenvalue weighted by Crippen LogP contribution is 2.29. The summed E-state index contributed by atoms with van der Waals surface area (Å²) in [6.45, 7) is 0. The van der Waals surface area contributed by atoms with E-state index in [-0.39, 0.29) is 5.56 Å². The zero-order valence-electron chi connectivity index (χ0n) is 10.2. The molecule has 0 saturated carbocycles. The molecule has 5 nitrogen and oxygen atoms in total. The van der Waals surface area contributed by atoms with Crippen LogP contribution in [0.1, 0.15) is 0 Å². The van der Waals surface area contributed by atoms with Crippen molar-refractivity contribution in [1.29, 1.82) is 0 Å². The Balaban J connectivity index is 2.03. The van der Waals surface area contributed by atoms with Gasteiger partial charge in [-0.05, 0) is 0 Å². The number of thiophene rings is 1. The van der Waals surface area contributed by atoms with Crippen LogP contribution in [0.2, 0.25) is 0 Å². The van der Waals surface area contributed by atoms with Crippen LogP contribution < -0.4 is 5.56 Å².